The monoisotopic (exact) mass is 366 g/mol. The number of hydrogen-bond donors (Lipinski definition) is 3. The lowest BCUT2D eigenvalue weighted by Gasteiger charge is -2.19. The maximum atomic E-state index is 12.5. The summed E-state index contributed by atoms with van der Waals surface area (Å²) in [7, 11) is 0. The summed E-state index contributed by atoms with van der Waals surface area (Å²) in [6.45, 7) is 6.46. The Bertz CT molecular complexity index is 896. The van der Waals surface area contributed by atoms with Gasteiger partial charge in [-0.15, -0.1) is 0 Å². The number of hydrogen-bond acceptors (Lipinski definition) is 5. The normalized spacial score (nSPS) is 11.2. The van der Waals surface area contributed by atoms with Crippen molar-refractivity contribution in [2.24, 2.45) is 0 Å². The van der Waals surface area contributed by atoms with E-state index in [4.69, 9.17) is 5.73 Å². The quantitative estimate of drug-likeness (QED) is 0.606. The van der Waals surface area contributed by atoms with Crippen LogP contribution in [0.25, 0.3) is 0 Å². The molecule has 3 rings (SSSR count). The van der Waals surface area contributed by atoms with Crippen LogP contribution < -0.4 is 16.4 Å². The topological polar surface area (TPSA) is 80.0 Å². The second-order valence-corrected chi connectivity index (χ2v) is 8.00. The van der Waals surface area contributed by atoms with E-state index in [2.05, 4.69) is 36.4 Å². The van der Waals surface area contributed by atoms with Crippen LogP contribution in [0.5, 0.6) is 0 Å². The van der Waals surface area contributed by atoms with Gasteiger partial charge in [-0.2, -0.15) is 0 Å². The first kappa shape index (κ1) is 17.9. The first-order valence-electron chi connectivity index (χ1n) is 8.33. The van der Waals surface area contributed by atoms with Crippen LogP contribution in [0, 0.1) is 0 Å². The Balaban J connectivity index is 1.72. The lowest BCUT2D eigenvalue weighted by molar-refractivity contribution is 0.103. The molecule has 0 radical (unpaired) electrons. The Morgan fingerprint density at radius 2 is 1.65 bits per heavy atom. The molecule has 0 saturated heterocycles. The molecule has 134 valence electrons. The third kappa shape index (κ3) is 4.21. The fraction of sp³-hybridized carbons (Fsp3) is 0.200. The van der Waals surface area contributed by atoms with Crippen molar-refractivity contribution in [1.29, 1.82) is 0 Å². The largest absolute Gasteiger partial charge is 0.382 e. The molecular formula is C20H22N4OS. The number of nitrogens with zero attached hydrogens (tertiary/aromatic N) is 1. The van der Waals surface area contributed by atoms with Crippen LogP contribution in [0.2, 0.25) is 0 Å². The minimum atomic E-state index is -0.260. The average molecular weight is 366 g/mol. The number of nitrogens with one attached hydrogen (secondary N) is 2. The summed E-state index contributed by atoms with van der Waals surface area (Å²) < 4.78 is 0. The van der Waals surface area contributed by atoms with E-state index in [1.165, 1.54) is 16.9 Å². The molecule has 0 atom stereocenters. The summed E-state index contributed by atoms with van der Waals surface area (Å²) in [4.78, 5) is 17.2. The summed E-state index contributed by atoms with van der Waals surface area (Å²) in [6, 6.07) is 17.5. The molecule has 6 heteroatoms. The van der Waals surface area contributed by atoms with E-state index in [9.17, 15) is 4.79 Å². The predicted octanol–water partition coefficient (Wildman–Crippen LogP) is 5.02. The van der Waals surface area contributed by atoms with Crippen molar-refractivity contribution in [3.63, 3.8) is 0 Å². The molecule has 0 fully saturated rings. The van der Waals surface area contributed by atoms with Crippen LogP contribution >= 0.6 is 11.3 Å². The van der Waals surface area contributed by atoms with Gasteiger partial charge < -0.3 is 16.4 Å². The zero-order valence-corrected chi connectivity index (χ0v) is 15.9. The molecule has 0 spiro atoms. The summed E-state index contributed by atoms with van der Waals surface area (Å²) in [5.74, 6) is -0.0399. The molecule has 1 amide bonds. The van der Waals surface area contributed by atoms with Crippen molar-refractivity contribution in [2.75, 3.05) is 16.4 Å². The van der Waals surface area contributed by atoms with E-state index >= 15 is 0 Å². The highest BCUT2D eigenvalue weighted by Crippen LogP contribution is 2.29. The van der Waals surface area contributed by atoms with Gasteiger partial charge in [-0.1, -0.05) is 62.4 Å². The van der Waals surface area contributed by atoms with E-state index in [0.29, 0.717) is 10.0 Å². The smallest absolute Gasteiger partial charge is 0.269 e. The molecule has 5 nitrogen and oxygen atoms in total. The third-order valence-corrected chi connectivity index (χ3v) is 4.88. The number of rotatable bonds is 4. The van der Waals surface area contributed by atoms with Crippen molar-refractivity contribution in [3.8, 4) is 0 Å². The van der Waals surface area contributed by atoms with Crippen LogP contribution in [0.1, 0.15) is 36.0 Å². The number of thiazole rings is 1. The molecule has 2 aromatic carbocycles. The highest BCUT2D eigenvalue weighted by Gasteiger charge is 2.17. The van der Waals surface area contributed by atoms with Crippen LogP contribution in [-0.4, -0.2) is 10.9 Å². The van der Waals surface area contributed by atoms with Crippen LogP contribution in [-0.2, 0) is 5.41 Å². The van der Waals surface area contributed by atoms with Gasteiger partial charge in [0.25, 0.3) is 5.91 Å². The van der Waals surface area contributed by atoms with Crippen LogP contribution in [0.3, 0.4) is 0 Å². The van der Waals surface area contributed by atoms with Gasteiger partial charge in [0.15, 0.2) is 5.13 Å². The molecule has 0 bridgehead atoms. The molecule has 0 saturated carbocycles. The zero-order valence-electron chi connectivity index (χ0n) is 15.0. The second-order valence-electron chi connectivity index (χ2n) is 7.01. The second kappa shape index (κ2) is 7.17. The fourth-order valence-electron chi connectivity index (χ4n) is 2.43. The number of carbonyl (C=O) groups excluding carboxylic acids is 1. The maximum Gasteiger partial charge on any atom is 0.269 e. The summed E-state index contributed by atoms with van der Waals surface area (Å²) in [6.07, 6.45) is 0. The number of aromatic nitrogens is 1. The van der Waals surface area contributed by atoms with Crippen molar-refractivity contribution in [3.05, 3.63) is 65.0 Å². The zero-order chi connectivity index (χ0) is 18.7. The van der Waals surface area contributed by atoms with Crippen LogP contribution in [0.4, 0.5) is 22.3 Å². The highest BCUT2D eigenvalue weighted by atomic mass is 32.1. The number of nitrogen functional groups attached to an aromatic ring is 1. The fourth-order valence-corrected chi connectivity index (χ4v) is 3.23. The number of carbonyl (C=O) groups is 1. The molecule has 0 unspecified atom stereocenters. The van der Waals surface area contributed by atoms with Gasteiger partial charge in [-0.3, -0.25) is 4.79 Å². The predicted molar refractivity (Wildman–Crippen MR) is 109 cm³/mol. The number of para-hydroxylation sites is 1. The lowest BCUT2D eigenvalue weighted by Crippen LogP contribution is -2.13. The molecule has 0 aliphatic heterocycles. The molecule has 0 aliphatic carbocycles. The van der Waals surface area contributed by atoms with E-state index in [0.717, 1.165) is 11.4 Å². The van der Waals surface area contributed by atoms with E-state index in [-0.39, 0.29) is 17.1 Å². The molecule has 0 aliphatic rings. The molecule has 4 N–H and O–H groups in total. The third-order valence-electron chi connectivity index (χ3n) is 3.89. The van der Waals surface area contributed by atoms with Gasteiger partial charge in [0.05, 0.1) is 0 Å². The van der Waals surface area contributed by atoms with E-state index < -0.39 is 0 Å². The van der Waals surface area contributed by atoms with Crippen molar-refractivity contribution >= 4 is 39.6 Å². The van der Waals surface area contributed by atoms with Gasteiger partial charge in [0, 0.05) is 11.4 Å². The minimum Gasteiger partial charge on any atom is -0.382 e. The summed E-state index contributed by atoms with van der Waals surface area (Å²) in [5, 5.41) is 6.62. The number of anilines is 4. The Kier molecular flexibility index (Phi) is 4.95. The van der Waals surface area contributed by atoms with Crippen molar-refractivity contribution < 1.29 is 4.79 Å². The Morgan fingerprint density at radius 3 is 2.27 bits per heavy atom. The standard InChI is InChI=1S/C20H22N4OS/c1-20(2,3)13-9-11-15(12-10-13)22-18(25)16-17(21)24-19(26-16)23-14-7-5-4-6-8-14/h4-12H,21H2,1-3H3,(H,22,25)(H,23,24). The Labute approximate surface area is 157 Å². The SMILES string of the molecule is CC(C)(C)c1ccc(NC(=O)c2sc(Nc3ccccc3)nc2N)cc1. The van der Waals surface area contributed by atoms with Gasteiger partial charge in [0.1, 0.15) is 10.7 Å². The highest BCUT2D eigenvalue weighted by molar-refractivity contribution is 7.18. The van der Waals surface area contributed by atoms with Gasteiger partial charge in [-0.25, -0.2) is 4.98 Å². The summed E-state index contributed by atoms with van der Waals surface area (Å²) in [5.41, 5.74) is 8.84. The number of nitrogens with two attached hydrogens (primary N) is 1. The summed E-state index contributed by atoms with van der Waals surface area (Å²) >= 11 is 1.23. The van der Waals surface area contributed by atoms with Crippen molar-refractivity contribution in [2.45, 2.75) is 26.2 Å². The molecule has 1 aromatic heterocycles. The average Bonchev–Trinajstić information content (AvgIpc) is 2.96. The lowest BCUT2D eigenvalue weighted by atomic mass is 9.87. The van der Waals surface area contributed by atoms with Gasteiger partial charge in [-0.05, 0) is 35.2 Å². The molecule has 1 heterocycles. The maximum absolute atomic E-state index is 12.5. The molecule has 26 heavy (non-hydrogen) atoms. The van der Waals surface area contributed by atoms with E-state index in [1.54, 1.807) is 0 Å². The molecule has 3 aromatic rings. The first-order chi connectivity index (χ1) is 12.3. The number of amides is 1. The van der Waals surface area contributed by atoms with Crippen LogP contribution in [0.15, 0.2) is 54.6 Å². The van der Waals surface area contributed by atoms with Gasteiger partial charge in [0.2, 0.25) is 0 Å². The number of benzene rings is 2. The molecular weight excluding hydrogens is 344 g/mol. The Morgan fingerprint density at radius 1 is 1.00 bits per heavy atom. The Hall–Kier alpha value is -2.86. The van der Waals surface area contributed by atoms with E-state index in [1.807, 2.05) is 54.6 Å². The van der Waals surface area contributed by atoms with Gasteiger partial charge >= 0.3 is 0 Å². The first-order valence-corrected chi connectivity index (χ1v) is 9.15. The minimum absolute atomic E-state index is 0.0721. The van der Waals surface area contributed by atoms with Crippen molar-refractivity contribution in [1.82, 2.24) is 4.98 Å².